The molecular formula is C17H16N2. The number of aryl methyl sites for hydroxylation is 1. The number of benzene rings is 2. The molecule has 3 rings (SSSR count). The molecule has 0 fully saturated rings. The number of fused-ring (bicyclic) bond motifs is 1. The van der Waals surface area contributed by atoms with Gasteiger partial charge in [0.25, 0.3) is 0 Å². The second-order valence-electron chi connectivity index (χ2n) is 4.92. The molecule has 0 spiro atoms. The summed E-state index contributed by atoms with van der Waals surface area (Å²) in [5.41, 5.74) is 4.64. The van der Waals surface area contributed by atoms with Gasteiger partial charge in [0.15, 0.2) is 0 Å². The van der Waals surface area contributed by atoms with Crippen LogP contribution in [-0.2, 0) is 13.0 Å². The zero-order chi connectivity index (χ0) is 13.1. The summed E-state index contributed by atoms with van der Waals surface area (Å²) in [4.78, 5) is 2.38. The normalized spacial score (nSPS) is 13.7. The van der Waals surface area contributed by atoms with Crippen molar-refractivity contribution in [2.75, 3.05) is 11.4 Å². The molecule has 0 aromatic heterocycles. The minimum absolute atomic E-state index is 0.783. The fourth-order valence-corrected chi connectivity index (χ4v) is 2.75. The van der Waals surface area contributed by atoms with Crippen LogP contribution >= 0.6 is 0 Å². The van der Waals surface area contributed by atoms with Crippen LogP contribution in [0.3, 0.4) is 0 Å². The van der Waals surface area contributed by atoms with Crippen molar-refractivity contribution in [3.8, 4) is 6.07 Å². The van der Waals surface area contributed by atoms with Crippen LogP contribution in [0.2, 0.25) is 0 Å². The highest BCUT2D eigenvalue weighted by Gasteiger charge is 2.17. The van der Waals surface area contributed by atoms with E-state index < -0.39 is 0 Å². The SMILES string of the molecule is N#Cc1ccccc1CN1CCCc2ccccc21. The molecule has 2 nitrogen and oxygen atoms in total. The van der Waals surface area contributed by atoms with Crippen molar-refractivity contribution in [1.29, 1.82) is 5.26 Å². The molecule has 94 valence electrons. The molecule has 2 aromatic rings. The third kappa shape index (κ3) is 2.32. The fourth-order valence-electron chi connectivity index (χ4n) is 2.75. The molecule has 0 bridgehead atoms. The van der Waals surface area contributed by atoms with Crippen LogP contribution < -0.4 is 4.90 Å². The van der Waals surface area contributed by atoms with Crippen molar-refractivity contribution in [1.82, 2.24) is 0 Å². The number of anilines is 1. The summed E-state index contributed by atoms with van der Waals surface area (Å²) in [5, 5.41) is 9.17. The van der Waals surface area contributed by atoms with Gasteiger partial charge in [-0.25, -0.2) is 0 Å². The van der Waals surface area contributed by atoms with Crippen LogP contribution in [-0.4, -0.2) is 6.54 Å². The van der Waals surface area contributed by atoms with E-state index in [-0.39, 0.29) is 0 Å². The smallest absolute Gasteiger partial charge is 0.0995 e. The van der Waals surface area contributed by atoms with Crippen molar-refractivity contribution < 1.29 is 0 Å². The van der Waals surface area contributed by atoms with Gasteiger partial charge in [-0.3, -0.25) is 0 Å². The molecule has 0 aliphatic carbocycles. The van der Waals surface area contributed by atoms with Crippen molar-refractivity contribution in [2.24, 2.45) is 0 Å². The highest BCUT2D eigenvalue weighted by atomic mass is 15.1. The van der Waals surface area contributed by atoms with Crippen LogP contribution in [0.4, 0.5) is 5.69 Å². The summed E-state index contributed by atoms with van der Waals surface area (Å²) < 4.78 is 0. The van der Waals surface area contributed by atoms with E-state index in [1.165, 1.54) is 17.7 Å². The molecule has 1 aliphatic heterocycles. The molecule has 1 aliphatic rings. The zero-order valence-electron chi connectivity index (χ0n) is 10.8. The van der Waals surface area contributed by atoms with Gasteiger partial charge in [-0.05, 0) is 36.1 Å². The van der Waals surface area contributed by atoms with Crippen molar-refractivity contribution >= 4 is 5.69 Å². The number of hydrogen-bond donors (Lipinski definition) is 0. The van der Waals surface area contributed by atoms with Crippen LogP contribution in [0, 0.1) is 11.3 Å². The van der Waals surface area contributed by atoms with Gasteiger partial charge in [-0.1, -0.05) is 36.4 Å². The maximum absolute atomic E-state index is 9.17. The van der Waals surface area contributed by atoms with Crippen LogP contribution in [0.25, 0.3) is 0 Å². The summed E-state index contributed by atoms with van der Waals surface area (Å²) in [6.45, 7) is 1.89. The Bertz CT molecular complexity index is 625. The summed E-state index contributed by atoms with van der Waals surface area (Å²) in [5.74, 6) is 0. The van der Waals surface area contributed by atoms with E-state index in [9.17, 15) is 5.26 Å². The highest BCUT2D eigenvalue weighted by molar-refractivity contribution is 5.56. The lowest BCUT2D eigenvalue weighted by atomic mass is 10.0. The molecule has 0 amide bonds. The molecule has 0 unspecified atom stereocenters. The number of nitriles is 1. The Labute approximate surface area is 113 Å². The lowest BCUT2D eigenvalue weighted by Gasteiger charge is -2.31. The molecular weight excluding hydrogens is 232 g/mol. The van der Waals surface area contributed by atoms with Crippen molar-refractivity contribution in [2.45, 2.75) is 19.4 Å². The second kappa shape index (κ2) is 5.16. The third-order valence-corrected chi connectivity index (χ3v) is 3.71. The lowest BCUT2D eigenvalue weighted by Crippen LogP contribution is -2.29. The second-order valence-corrected chi connectivity index (χ2v) is 4.92. The van der Waals surface area contributed by atoms with Gasteiger partial charge < -0.3 is 4.90 Å². The molecule has 0 saturated heterocycles. The number of nitrogens with zero attached hydrogens (tertiary/aromatic N) is 2. The maximum atomic E-state index is 9.17. The fraction of sp³-hybridized carbons (Fsp3) is 0.235. The average molecular weight is 248 g/mol. The topological polar surface area (TPSA) is 27.0 Å². The van der Waals surface area contributed by atoms with Gasteiger partial charge in [0, 0.05) is 18.8 Å². The lowest BCUT2D eigenvalue weighted by molar-refractivity contribution is 0.690. The van der Waals surface area contributed by atoms with Crippen LogP contribution in [0.5, 0.6) is 0 Å². The molecule has 0 N–H and O–H groups in total. The predicted octanol–water partition coefficient (Wildman–Crippen LogP) is 3.51. The molecule has 19 heavy (non-hydrogen) atoms. The first-order valence-electron chi connectivity index (χ1n) is 6.69. The maximum Gasteiger partial charge on any atom is 0.0995 e. The first-order valence-corrected chi connectivity index (χ1v) is 6.69. The highest BCUT2D eigenvalue weighted by Crippen LogP contribution is 2.28. The monoisotopic (exact) mass is 248 g/mol. The van der Waals surface area contributed by atoms with Gasteiger partial charge in [-0.2, -0.15) is 5.26 Å². The number of rotatable bonds is 2. The minimum atomic E-state index is 0.783. The Morgan fingerprint density at radius 2 is 1.84 bits per heavy atom. The Balaban J connectivity index is 1.91. The quantitative estimate of drug-likeness (QED) is 0.813. The summed E-state index contributed by atoms with van der Waals surface area (Å²) in [7, 11) is 0. The Kier molecular flexibility index (Phi) is 3.20. The van der Waals surface area contributed by atoms with Gasteiger partial charge in [0.1, 0.15) is 0 Å². The van der Waals surface area contributed by atoms with Crippen molar-refractivity contribution in [3.05, 3.63) is 65.2 Å². The molecule has 2 aromatic carbocycles. The standard InChI is InChI=1S/C17H16N2/c18-12-15-7-1-2-8-16(15)13-19-11-5-9-14-6-3-4-10-17(14)19/h1-4,6-8,10H,5,9,11,13H2. The molecule has 1 heterocycles. The predicted molar refractivity (Wildman–Crippen MR) is 77.0 cm³/mol. The van der Waals surface area contributed by atoms with Crippen molar-refractivity contribution in [3.63, 3.8) is 0 Å². The summed E-state index contributed by atoms with van der Waals surface area (Å²) in [6, 6.07) is 18.7. The first kappa shape index (κ1) is 11.8. The number of para-hydroxylation sites is 1. The van der Waals surface area contributed by atoms with E-state index >= 15 is 0 Å². The molecule has 0 radical (unpaired) electrons. The van der Waals surface area contributed by atoms with E-state index in [0.717, 1.165) is 30.6 Å². The third-order valence-electron chi connectivity index (χ3n) is 3.71. The zero-order valence-corrected chi connectivity index (χ0v) is 10.8. The average Bonchev–Trinajstić information content (AvgIpc) is 2.48. The number of hydrogen-bond acceptors (Lipinski definition) is 2. The van der Waals surface area contributed by atoms with E-state index in [0.29, 0.717) is 0 Å². The summed E-state index contributed by atoms with van der Waals surface area (Å²) in [6.07, 6.45) is 2.35. The van der Waals surface area contributed by atoms with Gasteiger partial charge in [-0.15, -0.1) is 0 Å². The van der Waals surface area contributed by atoms with E-state index in [4.69, 9.17) is 0 Å². The first-order chi connectivity index (χ1) is 9.38. The largest absolute Gasteiger partial charge is 0.367 e. The summed E-state index contributed by atoms with van der Waals surface area (Å²) >= 11 is 0. The van der Waals surface area contributed by atoms with Crippen LogP contribution in [0.1, 0.15) is 23.1 Å². The van der Waals surface area contributed by atoms with Crippen LogP contribution in [0.15, 0.2) is 48.5 Å². The van der Waals surface area contributed by atoms with E-state index in [1.807, 2.05) is 18.2 Å². The molecule has 0 saturated carbocycles. The molecule has 0 atom stereocenters. The Morgan fingerprint density at radius 1 is 1.05 bits per heavy atom. The van der Waals surface area contributed by atoms with E-state index in [1.54, 1.807) is 0 Å². The molecule has 2 heteroatoms. The minimum Gasteiger partial charge on any atom is -0.367 e. The van der Waals surface area contributed by atoms with E-state index in [2.05, 4.69) is 41.3 Å². The Hall–Kier alpha value is -2.27. The van der Waals surface area contributed by atoms with Gasteiger partial charge in [0.05, 0.1) is 11.6 Å². The van der Waals surface area contributed by atoms with Gasteiger partial charge >= 0.3 is 0 Å². The Morgan fingerprint density at radius 3 is 2.74 bits per heavy atom. The van der Waals surface area contributed by atoms with Gasteiger partial charge in [0.2, 0.25) is 0 Å².